The molecule has 0 N–H and O–H groups in total. The number of nitrogens with zero attached hydrogens (tertiary/aromatic N) is 5. The summed E-state index contributed by atoms with van der Waals surface area (Å²) in [4.78, 5) is 30.5. The molecule has 7 heteroatoms. The Kier molecular flexibility index (Phi) is 4.98. The average molecular weight is 357 g/mol. The molecule has 1 aliphatic rings. The molecule has 1 aliphatic heterocycles. The fourth-order valence-electron chi connectivity index (χ4n) is 3.25. The normalized spacial score (nSPS) is 16.1. The van der Waals surface area contributed by atoms with Crippen LogP contribution in [0.1, 0.15) is 39.3 Å². The molecule has 0 amide bonds. The molecule has 7 nitrogen and oxygen atoms in total. The molecule has 3 rings (SSSR count). The summed E-state index contributed by atoms with van der Waals surface area (Å²) in [5, 5.41) is 4.32. The van der Waals surface area contributed by atoms with Gasteiger partial charge in [0, 0.05) is 44.2 Å². The van der Waals surface area contributed by atoms with Gasteiger partial charge in [0.25, 0.3) is 11.1 Å². The van der Waals surface area contributed by atoms with Crippen molar-refractivity contribution < 1.29 is 0 Å². The lowest BCUT2D eigenvalue weighted by atomic mass is 9.92. The maximum absolute atomic E-state index is 12.4. The Balaban J connectivity index is 1.63. The topological polar surface area (TPSA) is 73.0 Å². The van der Waals surface area contributed by atoms with Gasteiger partial charge in [0.2, 0.25) is 0 Å². The van der Waals surface area contributed by atoms with Gasteiger partial charge in [-0.2, -0.15) is 5.10 Å². The van der Waals surface area contributed by atoms with Crippen molar-refractivity contribution in [3.63, 3.8) is 0 Å². The second-order valence-corrected chi connectivity index (χ2v) is 8.10. The van der Waals surface area contributed by atoms with Crippen LogP contribution in [0.25, 0.3) is 0 Å². The average Bonchev–Trinajstić information content (AvgIpc) is 2.59. The van der Waals surface area contributed by atoms with E-state index in [2.05, 4.69) is 35.8 Å². The summed E-state index contributed by atoms with van der Waals surface area (Å²) in [5.41, 5.74) is 0.627. The van der Waals surface area contributed by atoms with Crippen LogP contribution in [0.5, 0.6) is 0 Å². The van der Waals surface area contributed by atoms with Crippen LogP contribution in [0, 0.1) is 5.92 Å². The summed E-state index contributed by atoms with van der Waals surface area (Å²) in [6.45, 7) is 8.62. The molecule has 0 radical (unpaired) electrons. The monoisotopic (exact) mass is 357 g/mol. The minimum absolute atomic E-state index is 0.0204. The van der Waals surface area contributed by atoms with Gasteiger partial charge in [-0.3, -0.25) is 14.2 Å². The van der Waals surface area contributed by atoms with Crippen LogP contribution >= 0.6 is 0 Å². The molecule has 140 valence electrons. The summed E-state index contributed by atoms with van der Waals surface area (Å²) in [7, 11) is 1.67. The molecule has 0 saturated carbocycles. The first kappa shape index (κ1) is 18.4. The second kappa shape index (κ2) is 7.05. The van der Waals surface area contributed by atoms with Gasteiger partial charge in [0.15, 0.2) is 0 Å². The fourth-order valence-corrected chi connectivity index (χ4v) is 3.25. The zero-order chi connectivity index (χ0) is 18.9. The number of hydrogen-bond acceptors (Lipinski definition) is 5. The van der Waals surface area contributed by atoms with E-state index in [1.807, 2.05) is 0 Å². The predicted molar refractivity (Wildman–Crippen MR) is 102 cm³/mol. The highest BCUT2D eigenvalue weighted by Gasteiger charge is 2.22. The van der Waals surface area contributed by atoms with Crippen LogP contribution in [-0.4, -0.2) is 32.4 Å². The number of aryl methyl sites for hydroxylation is 1. The highest BCUT2D eigenvalue weighted by atomic mass is 16.1. The molecule has 26 heavy (non-hydrogen) atoms. The number of rotatable bonds is 3. The van der Waals surface area contributed by atoms with Crippen molar-refractivity contribution in [1.29, 1.82) is 0 Å². The summed E-state index contributed by atoms with van der Waals surface area (Å²) in [6, 6.07) is 4.99. The van der Waals surface area contributed by atoms with Crippen molar-refractivity contribution in [1.82, 2.24) is 19.3 Å². The highest BCUT2D eigenvalue weighted by Crippen LogP contribution is 2.22. The summed E-state index contributed by atoms with van der Waals surface area (Å²) in [5.74, 6) is 1.28. The Morgan fingerprint density at radius 3 is 2.38 bits per heavy atom. The van der Waals surface area contributed by atoms with Crippen molar-refractivity contribution >= 4 is 5.82 Å². The van der Waals surface area contributed by atoms with Gasteiger partial charge >= 0.3 is 0 Å². The molecule has 1 saturated heterocycles. The van der Waals surface area contributed by atoms with Crippen molar-refractivity contribution in [2.24, 2.45) is 13.0 Å². The van der Waals surface area contributed by atoms with E-state index >= 15 is 0 Å². The molecule has 0 spiro atoms. The standard InChI is InChI=1S/C19H27N5O2/c1-19(2,3)15-11-18(26)24(13-20-15)12-14-7-9-23(10-8-14)16-5-6-17(25)22(4)21-16/h5-6,11,13-14H,7-10,12H2,1-4H3. The molecule has 0 aliphatic carbocycles. The zero-order valence-electron chi connectivity index (χ0n) is 16.0. The van der Waals surface area contributed by atoms with E-state index in [1.54, 1.807) is 36.1 Å². The first-order valence-corrected chi connectivity index (χ1v) is 9.10. The first-order valence-electron chi connectivity index (χ1n) is 9.10. The molecule has 0 unspecified atom stereocenters. The molecule has 1 fully saturated rings. The number of hydrogen-bond donors (Lipinski definition) is 0. The third kappa shape index (κ3) is 4.03. The van der Waals surface area contributed by atoms with E-state index in [1.165, 1.54) is 4.68 Å². The van der Waals surface area contributed by atoms with Crippen LogP contribution in [0.4, 0.5) is 5.82 Å². The molecular weight excluding hydrogens is 330 g/mol. The quantitative estimate of drug-likeness (QED) is 0.833. The predicted octanol–water partition coefficient (Wildman–Crippen LogP) is 1.55. The molecule has 0 atom stereocenters. The van der Waals surface area contributed by atoms with E-state index in [0.29, 0.717) is 12.5 Å². The van der Waals surface area contributed by atoms with Crippen LogP contribution in [0.15, 0.2) is 34.1 Å². The van der Waals surface area contributed by atoms with E-state index in [0.717, 1.165) is 37.4 Å². The Hall–Kier alpha value is -2.44. The third-order valence-corrected chi connectivity index (χ3v) is 4.99. The van der Waals surface area contributed by atoms with E-state index < -0.39 is 0 Å². The Morgan fingerprint density at radius 1 is 1.12 bits per heavy atom. The smallest absolute Gasteiger partial charge is 0.266 e. The van der Waals surface area contributed by atoms with E-state index in [-0.39, 0.29) is 16.5 Å². The third-order valence-electron chi connectivity index (χ3n) is 4.99. The van der Waals surface area contributed by atoms with Gasteiger partial charge in [-0.25, -0.2) is 9.67 Å². The van der Waals surface area contributed by atoms with Gasteiger partial charge in [0.1, 0.15) is 5.82 Å². The molecule has 0 aromatic carbocycles. The lowest BCUT2D eigenvalue weighted by Crippen LogP contribution is -2.38. The van der Waals surface area contributed by atoms with E-state index in [9.17, 15) is 9.59 Å². The Bertz CT molecular complexity index is 886. The minimum Gasteiger partial charge on any atom is -0.355 e. The second-order valence-electron chi connectivity index (χ2n) is 8.10. The summed E-state index contributed by atoms with van der Waals surface area (Å²) >= 11 is 0. The van der Waals surface area contributed by atoms with Crippen LogP contribution in [-0.2, 0) is 19.0 Å². The van der Waals surface area contributed by atoms with Crippen LogP contribution in [0.3, 0.4) is 0 Å². The van der Waals surface area contributed by atoms with Crippen molar-refractivity contribution in [2.45, 2.75) is 45.6 Å². The molecule has 2 aromatic heterocycles. The molecule has 0 bridgehead atoms. The number of piperidine rings is 1. The largest absolute Gasteiger partial charge is 0.355 e. The number of aromatic nitrogens is 4. The van der Waals surface area contributed by atoms with Gasteiger partial charge in [0.05, 0.1) is 12.0 Å². The van der Waals surface area contributed by atoms with Gasteiger partial charge in [-0.15, -0.1) is 0 Å². The summed E-state index contributed by atoms with van der Waals surface area (Å²) < 4.78 is 3.09. The lowest BCUT2D eigenvalue weighted by Gasteiger charge is -2.33. The summed E-state index contributed by atoms with van der Waals surface area (Å²) in [6.07, 6.45) is 3.65. The fraction of sp³-hybridized carbons (Fsp3) is 0.579. The minimum atomic E-state index is -0.119. The lowest BCUT2D eigenvalue weighted by molar-refractivity contribution is 0.348. The number of anilines is 1. The highest BCUT2D eigenvalue weighted by molar-refractivity contribution is 5.36. The van der Waals surface area contributed by atoms with Crippen LogP contribution in [0.2, 0.25) is 0 Å². The van der Waals surface area contributed by atoms with Gasteiger partial charge < -0.3 is 4.90 Å². The Morgan fingerprint density at radius 2 is 1.81 bits per heavy atom. The van der Waals surface area contributed by atoms with E-state index in [4.69, 9.17) is 0 Å². The van der Waals surface area contributed by atoms with Gasteiger partial charge in [-0.1, -0.05) is 20.8 Å². The van der Waals surface area contributed by atoms with Crippen LogP contribution < -0.4 is 16.0 Å². The maximum Gasteiger partial charge on any atom is 0.266 e. The van der Waals surface area contributed by atoms with Crippen molar-refractivity contribution in [3.8, 4) is 0 Å². The molecule has 2 aromatic rings. The first-order chi connectivity index (χ1) is 12.2. The van der Waals surface area contributed by atoms with Crippen molar-refractivity contribution in [2.75, 3.05) is 18.0 Å². The van der Waals surface area contributed by atoms with Gasteiger partial charge in [-0.05, 0) is 24.8 Å². The molecular formula is C19H27N5O2. The Labute approximate surface area is 153 Å². The zero-order valence-corrected chi connectivity index (χ0v) is 16.0. The maximum atomic E-state index is 12.4. The SMILES string of the molecule is Cn1nc(N2CCC(Cn3cnc(C(C)(C)C)cc3=O)CC2)ccc1=O. The molecule has 3 heterocycles. The van der Waals surface area contributed by atoms with Crippen molar-refractivity contribution in [3.05, 3.63) is 50.9 Å².